The minimum absolute atomic E-state index is 0.0492. The number of carbonyl (C=O) groups is 2. The largest absolute Gasteiger partial charge is 0.481 e. The lowest BCUT2D eigenvalue weighted by molar-refractivity contribution is -0.164. The summed E-state index contributed by atoms with van der Waals surface area (Å²) in [6.45, 7) is 6.61. The monoisotopic (exact) mass is 382 g/mol. The van der Waals surface area contributed by atoms with Gasteiger partial charge in [0, 0.05) is 0 Å². The number of carboxylic acids is 1. The fraction of sp³-hybridized carbons (Fsp3) is 0.913. The van der Waals surface area contributed by atoms with Crippen molar-refractivity contribution in [2.75, 3.05) is 0 Å². The van der Waals surface area contributed by atoms with Crippen LogP contribution >= 0.6 is 0 Å². The Hall–Kier alpha value is -1.06. The van der Waals surface area contributed by atoms with E-state index in [9.17, 15) is 14.7 Å². The molecule has 0 aromatic heterocycles. The van der Waals surface area contributed by atoms with E-state index in [0.717, 1.165) is 38.5 Å². The molecule has 3 unspecified atom stereocenters. The number of carboxylic acid groups (broad SMARTS) is 1. The summed E-state index contributed by atoms with van der Waals surface area (Å²) < 4.78 is 5.86. The predicted octanol–water partition coefficient (Wildman–Crippen LogP) is 6.37. The van der Waals surface area contributed by atoms with Crippen LogP contribution in [0.3, 0.4) is 0 Å². The second-order valence-corrected chi connectivity index (χ2v) is 8.78. The van der Waals surface area contributed by atoms with Gasteiger partial charge in [0.2, 0.25) is 0 Å². The zero-order valence-corrected chi connectivity index (χ0v) is 17.9. The standard InChI is InChI=1S/C23H42O4/c1-4-5-6-7-8-9-10-13-19(17-16-18(2)3)27-23(26)21-15-12-11-14-20(21)22(24)25/h18-21H,4-17H2,1-3H3,(H,24,25). The highest BCUT2D eigenvalue weighted by atomic mass is 16.5. The zero-order chi connectivity index (χ0) is 20.1. The predicted molar refractivity (Wildman–Crippen MR) is 110 cm³/mol. The molecule has 0 saturated heterocycles. The molecule has 1 rings (SSSR count). The second-order valence-electron chi connectivity index (χ2n) is 8.78. The third-order valence-electron chi connectivity index (χ3n) is 5.86. The van der Waals surface area contributed by atoms with Gasteiger partial charge < -0.3 is 9.84 Å². The van der Waals surface area contributed by atoms with Crippen molar-refractivity contribution in [3.8, 4) is 0 Å². The third-order valence-corrected chi connectivity index (χ3v) is 5.86. The van der Waals surface area contributed by atoms with E-state index in [-0.39, 0.29) is 12.1 Å². The molecule has 1 N–H and O–H groups in total. The number of rotatable bonds is 14. The van der Waals surface area contributed by atoms with Crippen LogP contribution in [-0.2, 0) is 14.3 Å². The number of unbranched alkanes of at least 4 members (excludes halogenated alkanes) is 6. The molecule has 3 atom stereocenters. The Bertz CT molecular complexity index is 419. The highest BCUT2D eigenvalue weighted by Gasteiger charge is 2.37. The second kappa shape index (κ2) is 14.0. The lowest BCUT2D eigenvalue weighted by atomic mass is 9.79. The van der Waals surface area contributed by atoms with Crippen LogP contribution in [0, 0.1) is 17.8 Å². The van der Waals surface area contributed by atoms with Gasteiger partial charge in [0.15, 0.2) is 0 Å². The summed E-state index contributed by atoms with van der Waals surface area (Å²) in [5, 5.41) is 9.42. The summed E-state index contributed by atoms with van der Waals surface area (Å²) in [5.74, 6) is -1.54. The first-order valence-electron chi connectivity index (χ1n) is 11.4. The molecule has 4 nitrogen and oxygen atoms in total. The van der Waals surface area contributed by atoms with E-state index in [4.69, 9.17) is 4.74 Å². The Morgan fingerprint density at radius 1 is 0.889 bits per heavy atom. The molecule has 1 fully saturated rings. The lowest BCUT2D eigenvalue weighted by Gasteiger charge is -2.29. The highest BCUT2D eigenvalue weighted by Crippen LogP contribution is 2.32. The van der Waals surface area contributed by atoms with Crippen LogP contribution in [0.5, 0.6) is 0 Å². The van der Waals surface area contributed by atoms with Gasteiger partial charge in [-0.05, 0) is 44.4 Å². The Morgan fingerprint density at radius 2 is 1.48 bits per heavy atom. The van der Waals surface area contributed by atoms with Gasteiger partial charge in [0.25, 0.3) is 0 Å². The Morgan fingerprint density at radius 3 is 2.07 bits per heavy atom. The maximum absolute atomic E-state index is 12.7. The van der Waals surface area contributed by atoms with Crippen LogP contribution in [-0.4, -0.2) is 23.1 Å². The maximum Gasteiger partial charge on any atom is 0.310 e. The quantitative estimate of drug-likeness (QED) is 0.280. The first-order valence-corrected chi connectivity index (χ1v) is 11.4. The first-order chi connectivity index (χ1) is 13.0. The van der Waals surface area contributed by atoms with Crippen LogP contribution < -0.4 is 0 Å². The molecule has 1 aliphatic carbocycles. The van der Waals surface area contributed by atoms with Crippen LogP contribution in [0.2, 0.25) is 0 Å². The molecule has 158 valence electrons. The van der Waals surface area contributed by atoms with Crippen molar-refractivity contribution in [1.82, 2.24) is 0 Å². The fourth-order valence-electron chi connectivity index (χ4n) is 4.07. The number of hydrogen-bond acceptors (Lipinski definition) is 3. The normalized spacial score (nSPS) is 21.2. The van der Waals surface area contributed by atoms with Crippen molar-refractivity contribution in [3.05, 3.63) is 0 Å². The Labute approximate surface area is 166 Å². The van der Waals surface area contributed by atoms with Crippen LogP contribution in [0.4, 0.5) is 0 Å². The summed E-state index contributed by atoms with van der Waals surface area (Å²) in [7, 11) is 0. The number of carbonyl (C=O) groups excluding carboxylic acids is 1. The number of hydrogen-bond donors (Lipinski definition) is 1. The van der Waals surface area contributed by atoms with E-state index in [1.807, 2.05) is 0 Å². The minimum Gasteiger partial charge on any atom is -0.481 e. The van der Waals surface area contributed by atoms with Gasteiger partial charge in [0.05, 0.1) is 11.8 Å². The molecule has 0 aromatic carbocycles. The maximum atomic E-state index is 12.7. The average molecular weight is 383 g/mol. The summed E-state index contributed by atoms with van der Waals surface area (Å²) in [5.41, 5.74) is 0. The molecular weight excluding hydrogens is 340 g/mol. The summed E-state index contributed by atoms with van der Waals surface area (Å²) in [4.78, 5) is 24.2. The molecule has 1 aliphatic rings. The molecule has 0 heterocycles. The number of ether oxygens (including phenoxy) is 1. The highest BCUT2D eigenvalue weighted by molar-refractivity contribution is 5.81. The van der Waals surface area contributed by atoms with Gasteiger partial charge in [-0.15, -0.1) is 0 Å². The SMILES string of the molecule is CCCCCCCCCC(CCC(C)C)OC(=O)C1CCCCC1C(=O)O. The van der Waals surface area contributed by atoms with Gasteiger partial charge in [-0.25, -0.2) is 0 Å². The molecule has 0 amide bonds. The molecule has 0 bridgehead atoms. The van der Waals surface area contributed by atoms with Crippen molar-refractivity contribution in [2.24, 2.45) is 17.8 Å². The van der Waals surface area contributed by atoms with Crippen molar-refractivity contribution in [3.63, 3.8) is 0 Å². The van der Waals surface area contributed by atoms with E-state index in [0.29, 0.717) is 18.8 Å². The van der Waals surface area contributed by atoms with Crippen molar-refractivity contribution < 1.29 is 19.4 Å². The van der Waals surface area contributed by atoms with Gasteiger partial charge in [0.1, 0.15) is 6.10 Å². The van der Waals surface area contributed by atoms with Crippen LogP contribution in [0.1, 0.15) is 111 Å². The van der Waals surface area contributed by atoms with Crippen molar-refractivity contribution in [2.45, 2.75) is 117 Å². The third kappa shape index (κ3) is 10.2. The molecule has 27 heavy (non-hydrogen) atoms. The van der Waals surface area contributed by atoms with E-state index in [1.165, 1.54) is 38.5 Å². The van der Waals surface area contributed by atoms with Crippen LogP contribution in [0.15, 0.2) is 0 Å². The topological polar surface area (TPSA) is 63.6 Å². The van der Waals surface area contributed by atoms with E-state index >= 15 is 0 Å². The Kier molecular flexibility index (Phi) is 12.4. The van der Waals surface area contributed by atoms with E-state index < -0.39 is 17.8 Å². The average Bonchev–Trinajstić information content (AvgIpc) is 2.64. The van der Waals surface area contributed by atoms with Gasteiger partial charge in [-0.1, -0.05) is 72.1 Å². The molecule has 1 saturated carbocycles. The molecule has 0 spiro atoms. The molecule has 4 heteroatoms. The Balaban J connectivity index is 2.46. The summed E-state index contributed by atoms with van der Waals surface area (Å²) in [6.07, 6.45) is 14.6. The molecule has 0 aromatic rings. The van der Waals surface area contributed by atoms with Gasteiger partial charge in [-0.2, -0.15) is 0 Å². The van der Waals surface area contributed by atoms with E-state index in [2.05, 4.69) is 20.8 Å². The molecule has 0 aliphatic heterocycles. The summed E-state index contributed by atoms with van der Waals surface area (Å²) in [6, 6.07) is 0. The molecular formula is C23H42O4. The lowest BCUT2D eigenvalue weighted by Crippen LogP contribution is -2.35. The van der Waals surface area contributed by atoms with Gasteiger partial charge >= 0.3 is 11.9 Å². The van der Waals surface area contributed by atoms with E-state index in [1.54, 1.807) is 0 Å². The zero-order valence-electron chi connectivity index (χ0n) is 17.9. The smallest absolute Gasteiger partial charge is 0.310 e. The first kappa shape index (κ1) is 24.0. The summed E-state index contributed by atoms with van der Waals surface area (Å²) >= 11 is 0. The van der Waals surface area contributed by atoms with Crippen molar-refractivity contribution >= 4 is 11.9 Å². The van der Waals surface area contributed by atoms with Crippen LogP contribution in [0.25, 0.3) is 0 Å². The molecule has 0 radical (unpaired) electrons. The number of aliphatic carboxylic acids is 1. The minimum atomic E-state index is -0.845. The number of esters is 1. The van der Waals surface area contributed by atoms with Gasteiger partial charge in [-0.3, -0.25) is 9.59 Å². The fourth-order valence-corrected chi connectivity index (χ4v) is 4.07. The van der Waals surface area contributed by atoms with Crippen molar-refractivity contribution in [1.29, 1.82) is 0 Å².